The van der Waals surface area contributed by atoms with Crippen LogP contribution in [0.15, 0.2) is 4.52 Å². The first-order chi connectivity index (χ1) is 9.74. The second-order valence-electron chi connectivity index (χ2n) is 6.47. The molecule has 3 rings (SSSR count). The predicted octanol–water partition coefficient (Wildman–Crippen LogP) is 2.46. The molecule has 1 saturated carbocycles. The predicted molar refractivity (Wildman–Crippen MR) is 77.3 cm³/mol. The minimum absolute atomic E-state index is 0.123. The van der Waals surface area contributed by atoms with E-state index in [-0.39, 0.29) is 6.04 Å². The van der Waals surface area contributed by atoms with Crippen molar-refractivity contribution in [3.63, 3.8) is 0 Å². The summed E-state index contributed by atoms with van der Waals surface area (Å²) >= 11 is 0. The van der Waals surface area contributed by atoms with Crippen LogP contribution in [0.4, 0.5) is 0 Å². The second-order valence-corrected chi connectivity index (χ2v) is 6.47. The zero-order valence-electron chi connectivity index (χ0n) is 12.4. The Labute approximate surface area is 120 Å². The summed E-state index contributed by atoms with van der Waals surface area (Å²) in [5.74, 6) is 2.59. The van der Waals surface area contributed by atoms with Gasteiger partial charge in [0.25, 0.3) is 0 Å². The van der Waals surface area contributed by atoms with Crippen LogP contribution in [0.5, 0.6) is 0 Å². The zero-order valence-corrected chi connectivity index (χ0v) is 12.4. The van der Waals surface area contributed by atoms with Crippen LogP contribution in [0.2, 0.25) is 0 Å². The third kappa shape index (κ3) is 3.04. The molecular weight excluding hydrogens is 252 g/mol. The molecule has 0 radical (unpaired) electrons. The van der Waals surface area contributed by atoms with Crippen LogP contribution in [0.3, 0.4) is 0 Å². The van der Waals surface area contributed by atoms with Gasteiger partial charge in [0, 0.05) is 12.5 Å². The first-order valence-corrected chi connectivity index (χ1v) is 8.05. The standard InChI is InChI=1S/C15H26N4O/c1-11-6-5-7-12(11)15-17-14(18-20-15)13(16)10-19-8-3-2-4-9-19/h11-13H,2-10,16H2,1H3. The van der Waals surface area contributed by atoms with E-state index in [1.807, 2.05) is 0 Å². The molecule has 2 aliphatic rings. The summed E-state index contributed by atoms with van der Waals surface area (Å²) in [4.78, 5) is 7.00. The van der Waals surface area contributed by atoms with E-state index in [0.717, 1.165) is 25.5 Å². The Morgan fingerprint density at radius 3 is 2.75 bits per heavy atom. The molecule has 1 aromatic heterocycles. The largest absolute Gasteiger partial charge is 0.339 e. The fourth-order valence-corrected chi connectivity index (χ4v) is 3.56. The number of hydrogen-bond donors (Lipinski definition) is 1. The molecule has 0 bridgehead atoms. The molecule has 1 aliphatic heterocycles. The Morgan fingerprint density at radius 2 is 2.05 bits per heavy atom. The van der Waals surface area contributed by atoms with Crippen molar-refractivity contribution in [3.8, 4) is 0 Å². The second kappa shape index (κ2) is 6.22. The highest BCUT2D eigenvalue weighted by atomic mass is 16.5. The van der Waals surface area contributed by atoms with Gasteiger partial charge >= 0.3 is 0 Å². The van der Waals surface area contributed by atoms with Crippen molar-refractivity contribution in [2.24, 2.45) is 11.7 Å². The van der Waals surface area contributed by atoms with Gasteiger partial charge in [-0.15, -0.1) is 0 Å². The van der Waals surface area contributed by atoms with Gasteiger partial charge in [-0.05, 0) is 44.7 Å². The highest BCUT2D eigenvalue weighted by molar-refractivity contribution is 5.01. The van der Waals surface area contributed by atoms with E-state index in [9.17, 15) is 0 Å². The Balaban J connectivity index is 1.60. The highest BCUT2D eigenvalue weighted by Gasteiger charge is 2.30. The topological polar surface area (TPSA) is 68.2 Å². The van der Waals surface area contributed by atoms with Crippen molar-refractivity contribution in [1.29, 1.82) is 0 Å². The molecule has 2 heterocycles. The lowest BCUT2D eigenvalue weighted by atomic mass is 9.98. The maximum absolute atomic E-state index is 6.25. The summed E-state index contributed by atoms with van der Waals surface area (Å²) in [5.41, 5.74) is 6.25. The average Bonchev–Trinajstić information content (AvgIpc) is 3.08. The minimum Gasteiger partial charge on any atom is -0.339 e. The van der Waals surface area contributed by atoms with Crippen LogP contribution in [-0.2, 0) is 0 Å². The summed E-state index contributed by atoms with van der Waals surface area (Å²) in [6.45, 7) is 5.42. The summed E-state index contributed by atoms with van der Waals surface area (Å²) < 4.78 is 5.47. The third-order valence-electron chi connectivity index (χ3n) is 4.87. The van der Waals surface area contributed by atoms with E-state index < -0.39 is 0 Å². The summed E-state index contributed by atoms with van der Waals surface area (Å²) in [6.07, 6.45) is 7.61. The molecule has 1 saturated heterocycles. The van der Waals surface area contributed by atoms with E-state index in [1.165, 1.54) is 38.5 Å². The molecule has 5 nitrogen and oxygen atoms in total. The van der Waals surface area contributed by atoms with Crippen LogP contribution >= 0.6 is 0 Å². The van der Waals surface area contributed by atoms with Gasteiger partial charge in [-0.2, -0.15) is 4.98 Å². The van der Waals surface area contributed by atoms with Crippen molar-refractivity contribution in [1.82, 2.24) is 15.0 Å². The molecule has 0 amide bonds. The molecule has 0 spiro atoms. The monoisotopic (exact) mass is 278 g/mol. The van der Waals surface area contributed by atoms with Crippen molar-refractivity contribution >= 4 is 0 Å². The lowest BCUT2D eigenvalue weighted by Crippen LogP contribution is -2.36. The fourth-order valence-electron chi connectivity index (χ4n) is 3.56. The van der Waals surface area contributed by atoms with Crippen LogP contribution < -0.4 is 5.73 Å². The number of piperidine rings is 1. The van der Waals surface area contributed by atoms with Crippen molar-refractivity contribution in [2.45, 2.75) is 57.4 Å². The van der Waals surface area contributed by atoms with Crippen molar-refractivity contribution in [2.75, 3.05) is 19.6 Å². The molecule has 112 valence electrons. The zero-order chi connectivity index (χ0) is 13.9. The van der Waals surface area contributed by atoms with Crippen LogP contribution in [0.25, 0.3) is 0 Å². The SMILES string of the molecule is CC1CCCC1c1nc(C(N)CN2CCCCC2)no1. The minimum atomic E-state index is -0.123. The van der Waals surface area contributed by atoms with Gasteiger partial charge in [0.1, 0.15) is 0 Å². The Kier molecular flexibility index (Phi) is 4.36. The summed E-state index contributed by atoms with van der Waals surface area (Å²) in [6, 6.07) is -0.123. The molecule has 2 N–H and O–H groups in total. The smallest absolute Gasteiger partial charge is 0.230 e. The van der Waals surface area contributed by atoms with Crippen molar-refractivity contribution < 1.29 is 4.52 Å². The average molecular weight is 278 g/mol. The molecule has 5 heteroatoms. The molecule has 3 unspecified atom stereocenters. The van der Waals surface area contributed by atoms with E-state index in [1.54, 1.807) is 0 Å². The van der Waals surface area contributed by atoms with Gasteiger partial charge < -0.3 is 15.2 Å². The summed E-state index contributed by atoms with van der Waals surface area (Å²) in [5, 5.41) is 4.12. The maximum Gasteiger partial charge on any atom is 0.230 e. The number of hydrogen-bond acceptors (Lipinski definition) is 5. The molecule has 20 heavy (non-hydrogen) atoms. The van der Waals surface area contributed by atoms with E-state index >= 15 is 0 Å². The highest BCUT2D eigenvalue weighted by Crippen LogP contribution is 2.38. The normalized spacial score (nSPS) is 29.7. The number of aromatic nitrogens is 2. The van der Waals surface area contributed by atoms with Crippen LogP contribution in [0, 0.1) is 5.92 Å². The third-order valence-corrected chi connectivity index (χ3v) is 4.87. The lowest BCUT2D eigenvalue weighted by Gasteiger charge is -2.27. The van der Waals surface area contributed by atoms with E-state index in [0.29, 0.717) is 17.7 Å². The molecule has 2 fully saturated rings. The number of nitrogens with zero attached hydrogens (tertiary/aromatic N) is 3. The first kappa shape index (κ1) is 14.0. The molecular formula is C15H26N4O. The summed E-state index contributed by atoms with van der Waals surface area (Å²) in [7, 11) is 0. The maximum atomic E-state index is 6.25. The van der Waals surface area contributed by atoms with Gasteiger partial charge in [0.05, 0.1) is 6.04 Å². The molecule has 1 aromatic rings. The van der Waals surface area contributed by atoms with Crippen molar-refractivity contribution in [3.05, 3.63) is 11.7 Å². The molecule has 1 aliphatic carbocycles. The number of likely N-dealkylation sites (tertiary alicyclic amines) is 1. The van der Waals surface area contributed by atoms with Crippen LogP contribution in [0.1, 0.15) is 69.1 Å². The Bertz CT molecular complexity index is 427. The van der Waals surface area contributed by atoms with Gasteiger partial charge in [-0.1, -0.05) is 24.9 Å². The molecule has 3 atom stereocenters. The number of rotatable bonds is 4. The van der Waals surface area contributed by atoms with Gasteiger partial charge in [-0.25, -0.2) is 0 Å². The lowest BCUT2D eigenvalue weighted by molar-refractivity contribution is 0.213. The van der Waals surface area contributed by atoms with E-state index in [4.69, 9.17) is 10.3 Å². The van der Waals surface area contributed by atoms with E-state index in [2.05, 4.69) is 22.0 Å². The van der Waals surface area contributed by atoms with Crippen LogP contribution in [-0.4, -0.2) is 34.7 Å². The molecule has 0 aromatic carbocycles. The number of nitrogens with two attached hydrogens (primary N) is 1. The quantitative estimate of drug-likeness (QED) is 0.916. The van der Waals surface area contributed by atoms with Gasteiger partial charge in [-0.3, -0.25) is 0 Å². The van der Waals surface area contributed by atoms with Gasteiger partial charge in [0.15, 0.2) is 5.82 Å². The van der Waals surface area contributed by atoms with Gasteiger partial charge in [0.2, 0.25) is 5.89 Å². The fraction of sp³-hybridized carbons (Fsp3) is 0.867. The first-order valence-electron chi connectivity index (χ1n) is 8.05. The Hall–Kier alpha value is -0.940. The Morgan fingerprint density at radius 1 is 1.25 bits per heavy atom.